The molecule has 0 aliphatic carbocycles. The number of nitrogens with zero attached hydrogens (tertiary/aromatic N) is 5. The standard InChI is InChI=1S/C25H42N6O.HI/c1-4-28-10-12-29(13-11-28)17-21(2)16-27-25(26-3)31-19-23-24(20-31)32-15-14-30(23)18-22-8-6-5-7-9-22;/h5-9,21,23-24H,4,10-20H2,1-3H3,(H,26,27);1H. The summed E-state index contributed by atoms with van der Waals surface area (Å²) in [6, 6.07) is 11.2. The molecule has 1 N–H and O–H groups in total. The van der Waals surface area contributed by atoms with Crippen LogP contribution in [0.5, 0.6) is 0 Å². The van der Waals surface area contributed by atoms with E-state index in [1.165, 1.54) is 38.3 Å². The van der Waals surface area contributed by atoms with Gasteiger partial charge < -0.3 is 24.8 Å². The van der Waals surface area contributed by atoms with E-state index in [1.807, 2.05) is 7.05 Å². The van der Waals surface area contributed by atoms with Crippen LogP contribution in [-0.4, -0.2) is 117 Å². The minimum absolute atomic E-state index is 0. The molecule has 3 atom stereocenters. The highest BCUT2D eigenvalue weighted by molar-refractivity contribution is 14.0. The first kappa shape index (κ1) is 26.7. The summed E-state index contributed by atoms with van der Waals surface area (Å²) >= 11 is 0. The van der Waals surface area contributed by atoms with Crippen LogP contribution in [-0.2, 0) is 11.3 Å². The zero-order chi connectivity index (χ0) is 22.3. The Morgan fingerprint density at radius 2 is 1.82 bits per heavy atom. The second kappa shape index (κ2) is 13.2. The number of guanidine groups is 1. The fourth-order valence-corrected chi connectivity index (χ4v) is 5.34. The number of benzene rings is 1. The average molecular weight is 571 g/mol. The third-order valence-electron chi connectivity index (χ3n) is 7.25. The zero-order valence-electron chi connectivity index (χ0n) is 20.7. The summed E-state index contributed by atoms with van der Waals surface area (Å²) in [6.45, 7) is 17.4. The van der Waals surface area contributed by atoms with Crippen molar-refractivity contribution in [1.82, 2.24) is 24.9 Å². The summed E-state index contributed by atoms with van der Waals surface area (Å²) in [5.41, 5.74) is 1.38. The molecule has 3 saturated heterocycles. The van der Waals surface area contributed by atoms with Gasteiger partial charge in [0.1, 0.15) is 0 Å². The number of hydrogen-bond donors (Lipinski definition) is 1. The van der Waals surface area contributed by atoms with Crippen molar-refractivity contribution < 1.29 is 4.74 Å². The number of fused-ring (bicyclic) bond motifs is 1. The molecule has 7 nitrogen and oxygen atoms in total. The molecule has 3 aliphatic rings. The van der Waals surface area contributed by atoms with Crippen molar-refractivity contribution in [2.75, 3.05) is 79.1 Å². The lowest BCUT2D eigenvalue weighted by atomic mass is 10.1. The van der Waals surface area contributed by atoms with E-state index in [-0.39, 0.29) is 30.1 Å². The number of ether oxygens (including phenoxy) is 1. The van der Waals surface area contributed by atoms with Gasteiger partial charge in [-0.05, 0) is 18.0 Å². The van der Waals surface area contributed by atoms with Crippen molar-refractivity contribution in [3.05, 3.63) is 35.9 Å². The summed E-state index contributed by atoms with van der Waals surface area (Å²) in [5, 5.41) is 3.66. The second-order valence-electron chi connectivity index (χ2n) is 9.61. The molecular formula is C25H43IN6O. The van der Waals surface area contributed by atoms with E-state index in [0.29, 0.717) is 12.0 Å². The van der Waals surface area contributed by atoms with E-state index in [2.05, 4.69) is 74.1 Å². The predicted octanol–water partition coefficient (Wildman–Crippen LogP) is 2.04. The maximum Gasteiger partial charge on any atom is 0.193 e. The summed E-state index contributed by atoms with van der Waals surface area (Å²) in [6.07, 6.45) is 0.262. The molecule has 0 saturated carbocycles. The van der Waals surface area contributed by atoms with Gasteiger partial charge in [-0.25, -0.2) is 0 Å². The van der Waals surface area contributed by atoms with E-state index in [1.54, 1.807) is 0 Å². The second-order valence-corrected chi connectivity index (χ2v) is 9.61. The smallest absolute Gasteiger partial charge is 0.193 e. The number of rotatable bonds is 7. The molecule has 1 aromatic carbocycles. The molecule has 0 aromatic heterocycles. The molecule has 3 fully saturated rings. The van der Waals surface area contributed by atoms with Crippen LogP contribution < -0.4 is 5.32 Å². The normalized spacial score (nSPS) is 26.0. The first-order valence-electron chi connectivity index (χ1n) is 12.5. The average Bonchev–Trinajstić information content (AvgIpc) is 3.26. The number of halogens is 1. The van der Waals surface area contributed by atoms with Gasteiger partial charge in [0.2, 0.25) is 0 Å². The van der Waals surface area contributed by atoms with Crippen LogP contribution in [0.25, 0.3) is 0 Å². The highest BCUT2D eigenvalue weighted by atomic mass is 127. The SMILES string of the molecule is CCN1CCN(CC(C)CNC(=NC)N2CC3OCCN(Cc4ccccc4)C3C2)CC1.I. The van der Waals surface area contributed by atoms with Crippen molar-refractivity contribution in [2.24, 2.45) is 10.9 Å². The van der Waals surface area contributed by atoms with Gasteiger partial charge in [0.15, 0.2) is 5.96 Å². The number of likely N-dealkylation sites (N-methyl/N-ethyl adjacent to an activating group) is 1. The van der Waals surface area contributed by atoms with Crippen LogP contribution in [0.4, 0.5) is 0 Å². The third kappa shape index (κ3) is 7.27. The van der Waals surface area contributed by atoms with Gasteiger partial charge in [0, 0.05) is 72.5 Å². The monoisotopic (exact) mass is 570 g/mol. The maximum atomic E-state index is 6.16. The lowest BCUT2D eigenvalue weighted by molar-refractivity contribution is -0.0502. The van der Waals surface area contributed by atoms with E-state index in [9.17, 15) is 0 Å². The number of piperazine rings is 1. The first-order chi connectivity index (χ1) is 15.7. The largest absolute Gasteiger partial charge is 0.373 e. The van der Waals surface area contributed by atoms with Crippen molar-refractivity contribution in [3.8, 4) is 0 Å². The Bertz CT molecular complexity index is 727. The number of likely N-dealkylation sites (tertiary alicyclic amines) is 1. The van der Waals surface area contributed by atoms with Crippen LogP contribution in [0, 0.1) is 5.92 Å². The summed E-state index contributed by atoms with van der Waals surface area (Å²) in [7, 11) is 1.90. The minimum Gasteiger partial charge on any atom is -0.373 e. The molecular weight excluding hydrogens is 527 g/mol. The molecule has 186 valence electrons. The quantitative estimate of drug-likeness (QED) is 0.308. The lowest BCUT2D eigenvalue weighted by Crippen LogP contribution is -2.50. The van der Waals surface area contributed by atoms with Gasteiger partial charge in [-0.15, -0.1) is 24.0 Å². The van der Waals surface area contributed by atoms with Gasteiger partial charge in [-0.2, -0.15) is 0 Å². The first-order valence-corrected chi connectivity index (χ1v) is 12.5. The fraction of sp³-hybridized carbons (Fsp3) is 0.720. The van der Waals surface area contributed by atoms with Gasteiger partial charge in [-0.3, -0.25) is 9.89 Å². The number of aliphatic imine (C=N–C) groups is 1. The topological polar surface area (TPSA) is 46.6 Å². The van der Waals surface area contributed by atoms with E-state index in [4.69, 9.17) is 4.74 Å². The molecule has 0 spiro atoms. The molecule has 0 amide bonds. The van der Waals surface area contributed by atoms with Crippen molar-refractivity contribution in [3.63, 3.8) is 0 Å². The van der Waals surface area contributed by atoms with Gasteiger partial charge in [0.25, 0.3) is 0 Å². The molecule has 0 bridgehead atoms. The Morgan fingerprint density at radius 1 is 1.09 bits per heavy atom. The van der Waals surface area contributed by atoms with Crippen molar-refractivity contribution in [1.29, 1.82) is 0 Å². The molecule has 4 rings (SSSR count). The Labute approximate surface area is 217 Å². The molecule has 3 heterocycles. The van der Waals surface area contributed by atoms with Crippen LogP contribution in [0.3, 0.4) is 0 Å². The number of morpholine rings is 1. The summed E-state index contributed by atoms with van der Waals surface area (Å²) in [4.78, 5) is 14.8. The molecule has 1 aromatic rings. The molecule has 3 aliphatic heterocycles. The minimum atomic E-state index is 0. The third-order valence-corrected chi connectivity index (χ3v) is 7.25. The molecule has 0 radical (unpaired) electrons. The van der Waals surface area contributed by atoms with Gasteiger partial charge in [-0.1, -0.05) is 44.2 Å². The van der Waals surface area contributed by atoms with Gasteiger partial charge in [0.05, 0.1) is 18.8 Å². The van der Waals surface area contributed by atoms with Crippen LogP contribution >= 0.6 is 24.0 Å². The van der Waals surface area contributed by atoms with Crippen molar-refractivity contribution >= 4 is 29.9 Å². The van der Waals surface area contributed by atoms with Gasteiger partial charge >= 0.3 is 0 Å². The summed E-state index contributed by atoms with van der Waals surface area (Å²) < 4.78 is 6.16. The lowest BCUT2D eigenvalue weighted by Gasteiger charge is -2.36. The Hall–Kier alpha value is -0.940. The summed E-state index contributed by atoms with van der Waals surface area (Å²) in [5.74, 6) is 1.61. The molecule has 3 unspecified atom stereocenters. The van der Waals surface area contributed by atoms with E-state index >= 15 is 0 Å². The number of hydrogen-bond acceptors (Lipinski definition) is 5. The maximum absolute atomic E-state index is 6.16. The van der Waals surface area contributed by atoms with Crippen LogP contribution in [0.1, 0.15) is 19.4 Å². The molecule has 8 heteroatoms. The van der Waals surface area contributed by atoms with E-state index in [0.717, 1.165) is 51.8 Å². The van der Waals surface area contributed by atoms with Crippen LogP contribution in [0.2, 0.25) is 0 Å². The highest BCUT2D eigenvalue weighted by Crippen LogP contribution is 2.24. The Kier molecular flexibility index (Phi) is 10.7. The highest BCUT2D eigenvalue weighted by Gasteiger charge is 2.41. The fourth-order valence-electron chi connectivity index (χ4n) is 5.34. The van der Waals surface area contributed by atoms with Crippen LogP contribution in [0.15, 0.2) is 35.3 Å². The Balaban J connectivity index is 0.00000306. The Morgan fingerprint density at radius 3 is 2.52 bits per heavy atom. The van der Waals surface area contributed by atoms with E-state index < -0.39 is 0 Å². The molecule has 33 heavy (non-hydrogen) atoms. The van der Waals surface area contributed by atoms with Crippen molar-refractivity contribution in [2.45, 2.75) is 32.5 Å². The zero-order valence-corrected chi connectivity index (χ0v) is 23.0. The number of nitrogens with one attached hydrogen (secondary N) is 1. The predicted molar refractivity (Wildman–Crippen MR) is 146 cm³/mol.